The zero-order chi connectivity index (χ0) is 13.7. The van der Waals surface area contributed by atoms with Crippen molar-refractivity contribution in [1.29, 1.82) is 0 Å². The average molecular weight is 288 g/mol. The molecule has 18 heavy (non-hydrogen) atoms. The Morgan fingerprint density at radius 1 is 1.06 bits per heavy atom. The summed E-state index contributed by atoms with van der Waals surface area (Å²) < 4.78 is 0. The number of rotatable bonds is 3. The van der Waals surface area contributed by atoms with Crippen LogP contribution in [0.4, 0.5) is 0 Å². The lowest BCUT2D eigenvalue weighted by Crippen LogP contribution is -2.35. The first-order valence-electron chi connectivity index (χ1n) is 5.75. The van der Waals surface area contributed by atoms with Crippen molar-refractivity contribution in [2.75, 3.05) is 34.7 Å². The quantitative estimate of drug-likeness (QED) is 0.629. The fraction of sp³-hybridized carbons (Fsp3) is 0.462. The SMILES string of the molecule is CN(C)C(=NCCc1c(Cl)cccc1Cl)N(C)C. The van der Waals surface area contributed by atoms with Gasteiger partial charge in [-0.3, -0.25) is 4.99 Å². The van der Waals surface area contributed by atoms with Crippen LogP contribution in [0, 0.1) is 0 Å². The van der Waals surface area contributed by atoms with Gasteiger partial charge in [0, 0.05) is 44.8 Å². The van der Waals surface area contributed by atoms with Crippen molar-refractivity contribution in [1.82, 2.24) is 9.80 Å². The molecular weight excluding hydrogens is 269 g/mol. The minimum Gasteiger partial charge on any atom is -0.349 e. The zero-order valence-electron chi connectivity index (χ0n) is 11.2. The van der Waals surface area contributed by atoms with E-state index in [2.05, 4.69) is 4.99 Å². The van der Waals surface area contributed by atoms with Gasteiger partial charge in [0.05, 0.1) is 0 Å². The van der Waals surface area contributed by atoms with Crippen LogP contribution in [0.2, 0.25) is 10.0 Å². The minimum atomic E-state index is 0.662. The lowest BCUT2D eigenvalue weighted by molar-refractivity contribution is 0.479. The number of benzene rings is 1. The predicted octanol–water partition coefficient (Wildman–Crippen LogP) is 3.02. The van der Waals surface area contributed by atoms with E-state index in [9.17, 15) is 0 Å². The van der Waals surface area contributed by atoms with Crippen LogP contribution in [0.15, 0.2) is 23.2 Å². The van der Waals surface area contributed by atoms with Gasteiger partial charge in [0.15, 0.2) is 5.96 Å². The third kappa shape index (κ3) is 4.07. The Kier molecular flexibility index (Phi) is 5.76. The summed E-state index contributed by atoms with van der Waals surface area (Å²) in [6.07, 6.45) is 0.740. The molecule has 0 fully saturated rings. The van der Waals surface area contributed by atoms with Crippen LogP contribution in [0.5, 0.6) is 0 Å². The third-order valence-electron chi connectivity index (χ3n) is 2.48. The minimum absolute atomic E-state index is 0.662. The van der Waals surface area contributed by atoms with Gasteiger partial charge in [0.25, 0.3) is 0 Å². The molecule has 0 atom stereocenters. The first kappa shape index (κ1) is 15.1. The van der Waals surface area contributed by atoms with Crippen molar-refractivity contribution in [3.63, 3.8) is 0 Å². The van der Waals surface area contributed by atoms with Crippen LogP contribution in [-0.4, -0.2) is 50.5 Å². The lowest BCUT2D eigenvalue weighted by atomic mass is 10.1. The van der Waals surface area contributed by atoms with Crippen molar-refractivity contribution < 1.29 is 0 Å². The van der Waals surface area contributed by atoms with Crippen molar-refractivity contribution in [2.24, 2.45) is 4.99 Å². The molecule has 0 unspecified atom stereocenters. The fourth-order valence-corrected chi connectivity index (χ4v) is 2.31. The summed E-state index contributed by atoms with van der Waals surface area (Å²) in [5, 5.41) is 1.41. The molecule has 0 saturated heterocycles. The van der Waals surface area contributed by atoms with Gasteiger partial charge in [-0.05, 0) is 24.1 Å². The van der Waals surface area contributed by atoms with E-state index in [1.165, 1.54) is 0 Å². The van der Waals surface area contributed by atoms with Crippen LogP contribution in [0.25, 0.3) is 0 Å². The summed E-state index contributed by atoms with van der Waals surface area (Å²) in [6.45, 7) is 0.662. The summed E-state index contributed by atoms with van der Waals surface area (Å²) >= 11 is 12.2. The molecule has 0 N–H and O–H groups in total. The highest BCUT2D eigenvalue weighted by Gasteiger charge is 2.06. The second kappa shape index (κ2) is 6.86. The van der Waals surface area contributed by atoms with Gasteiger partial charge >= 0.3 is 0 Å². The number of halogens is 2. The van der Waals surface area contributed by atoms with E-state index >= 15 is 0 Å². The normalized spacial score (nSPS) is 10.1. The van der Waals surface area contributed by atoms with E-state index in [4.69, 9.17) is 23.2 Å². The highest BCUT2D eigenvalue weighted by molar-refractivity contribution is 6.35. The smallest absolute Gasteiger partial charge is 0.195 e. The molecule has 0 radical (unpaired) electrons. The van der Waals surface area contributed by atoms with E-state index in [-0.39, 0.29) is 0 Å². The second-order valence-electron chi connectivity index (χ2n) is 4.42. The molecule has 5 heteroatoms. The lowest BCUT2D eigenvalue weighted by Gasteiger charge is -2.22. The van der Waals surface area contributed by atoms with E-state index in [0.29, 0.717) is 16.6 Å². The van der Waals surface area contributed by atoms with Gasteiger partial charge in [-0.15, -0.1) is 0 Å². The summed E-state index contributed by atoms with van der Waals surface area (Å²) in [4.78, 5) is 8.51. The van der Waals surface area contributed by atoms with Gasteiger partial charge < -0.3 is 9.80 Å². The van der Waals surface area contributed by atoms with Crippen molar-refractivity contribution in [2.45, 2.75) is 6.42 Å². The van der Waals surface area contributed by atoms with Crippen molar-refractivity contribution in [3.8, 4) is 0 Å². The first-order valence-corrected chi connectivity index (χ1v) is 6.51. The molecule has 1 rings (SSSR count). The molecule has 0 amide bonds. The Morgan fingerprint density at radius 3 is 2.00 bits per heavy atom. The fourth-order valence-electron chi connectivity index (χ4n) is 1.72. The third-order valence-corrected chi connectivity index (χ3v) is 3.18. The Bertz CT molecular complexity index is 398. The van der Waals surface area contributed by atoms with Crippen LogP contribution in [0.3, 0.4) is 0 Å². The van der Waals surface area contributed by atoms with Gasteiger partial charge in [-0.1, -0.05) is 29.3 Å². The number of hydrogen-bond acceptors (Lipinski definition) is 1. The molecule has 1 aromatic carbocycles. The monoisotopic (exact) mass is 287 g/mol. The largest absolute Gasteiger partial charge is 0.349 e. The molecule has 100 valence electrons. The topological polar surface area (TPSA) is 18.8 Å². The van der Waals surface area contributed by atoms with Crippen molar-refractivity contribution >= 4 is 29.2 Å². The molecule has 0 bridgehead atoms. The van der Waals surface area contributed by atoms with Gasteiger partial charge in [-0.2, -0.15) is 0 Å². The van der Waals surface area contributed by atoms with Gasteiger partial charge in [0.1, 0.15) is 0 Å². The van der Waals surface area contributed by atoms with E-state index < -0.39 is 0 Å². The highest BCUT2D eigenvalue weighted by atomic mass is 35.5. The first-order chi connectivity index (χ1) is 8.43. The molecule has 0 heterocycles. The van der Waals surface area contributed by atoms with Crippen LogP contribution < -0.4 is 0 Å². The summed E-state index contributed by atoms with van der Waals surface area (Å²) in [6, 6.07) is 5.55. The summed E-state index contributed by atoms with van der Waals surface area (Å²) in [5.41, 5.74) is 0.960. The Hall–Kier alpha value is -0.930. The number of aliphatic imine (C=N–C) groups is 1. The molecule has 0 saturated carbocycles. The van der Waals surface area contributed by atoms with Gasteiger partial charge in [0.2, 0.25) is 0 Å². The van der Waals surface area contributed by atoms with E-state index in [1.54, 1.807) is 0 Å². The maximum absolute atomic E-state index is 6.12. The molecular formula is C13H19Cl2N3. The van der Waals surface area contributed by atoms with Gasteiger partial charge in [-0.25, -0.2) is 0 Å². The Labute approximate surface area is 119 Å². The molecule has 0 aromatic heterocycles. The van der Waals surface area contributed by atoms with Crippen molar-refractivity contribution in [3.05, 3.63) is 33.8 Å². The maximum atomic E-state index is 6.12. The number of nitrogens with zero attached hydrogens (tertiary/aromatic N) is 3. The molecule has 0 spiro atoms. The van der Waals surface area contributed by atoms with Crippen LogP contribution >= 0.6 is 23.2 Å². The molecule has 0 aliphatic heterocycles. The zero-order valence-corrected chi connectivity index (χ0v) is 12.8. The Morgan fingerprint density at radius 2 is 1.56 bits per heavy atom. The summed E-state index contributed by atoms with van der Waals surface area (Å²) in [5.74, 6) is 0.929. The Balaban J connectivity index is 2.74. The predicted molar refractivity (Wildman–Crippen MR) is 79.8 cm³/mol. The van der Waals surface area contributed by atoms with Crippen LogP contribution in [0.1, 0.15) is 5.56 Å². The van der Waals surface area contributed by atoms with E-state index in [1.807, 2.05) is 56.2 Å². The highest BCUT2D eigenvalue weighted by Crippen LogP contribution is 2.24. The molecule has 3 nitrogen and oxygen atoms in total. The second-order valence-corrected chi connectivity index (χ2v) is 5.24. The molecule has 0 aliphatic rings. The average Bonchev–Trinajstić information content (AvgIpc) is 2.26. The van der Waals surface area contributed by atoms with E-state index in [0.717, 1.165) is 17.9 Å². The molecule has 0 aliphatic carbocycles. The number of hydrogen-bond donors (Lipinski definition) is 0. The van der Waals surface area contributed by atoms with Crippen LogP contribution in [-0.2, 0) is 6.42 Å². The summed E-state index contributed by atoms with van der Waals surface area (Å²) in [7, 11) is 7.89. The molecule has 1 aromatic rings. The standard InChI is InChI=1S/C13H19Cl2N3/c1-17(2)13(18(3)4)16-9-8-10-11(14)6-5-7-12(10)15/h5-7H,8-9H2,1-4H3. The maximum Gasteiger partial charge on any atom is 0.195 e. The number of guanidine groups is 1.